The van der Waals surface area contributed by atoms with Crippen molar-refractivity contribution in [3.8, 4) is 5.75 Å². The van der Waals surface area contributed by atoms with Crippen molar-refractivity contribution in [1.82, 2.24) is 9.88 Å². The SMILES string of the molecule is COc1cccc(NC(=O)CN(C)C(=O)COC(=O)c2sc3nc(C)cc(C)c3c2N)c1. The van der Waals surface area contributed by atoms with E-state index < -0.39 is 24.4 Å². The molecule has 2 aromatic heterocycles. The average molecular weight is 457 g/mol. The van der Waals surface area contributed by atoms with Crippen LogP contribution >= 0.6 is 11.3 Å². The van der Waals surface area contributed by atoms with Gasteiger partial charge in [-0.2, -0.15) is 0 Å². The minimum absolute atomic E-state index is 0.201. The smallest absolute Gasteiger partial charge is 0.351 e. The molecule has 2 heterocycles. The minimum atomic E-state index is -0.704. The molecule has 2 amide bonds. The lowest BCUT2D eigenvalue weighted by Crippen LogP contribution is -2.37. The van der Waals surface area contributed by atoms with Crippen LogP contribution in [0.4, 0.5) is 11.4 Å². The molecule has 0 saturated heterocycles. The molecule has 0 radical (unpaired) electrons. The standard InChI is InChI=1S/C22H24N4O5S/c1-12-8-13(2)24-21-18(12)19(23)20(32-21)22(29)31-11-17(28)26(3)10-16(27)25-14-6-5-7-15(9-14)30-4/h5-9H,10-11,23H2,1-4H3,(H,25,27). The number of hydrogen-bond acceptors (Lipinski definition) is 8. The number of thiophene rings is 1. The van der Waals surface area contributed by atoms with Crippen LogP contribution in [0.2, 0.25) is 0 Å². The summed E-state index contributed by atoms with van der Waals surface area (Å²) in [6.07, 6.45) is 0. The Hall–Kier alpha value is -3.66. The van der Waals surface area contributed by atoms with Crippen molar-refractivity contribution in [2.75, 3.05) is 38.4 Å². The highest BCUT2D eigenvalue weighted by Gasteiger charge is 2.22. The third kappa shape index (κ3) is 5.14. The maximum atomic E-state index is 12.5. The predicted molar refractivity (Wildman–Crippen MR) is 123 cm³/mol. The van der Waals surface area contributed by atoms with Crippen LogP contribution in [0.15, 0.2) is 30.3 Å². The summed E-state index contributed by atoms with van der Waals surface area (Å²) in [6, 6.07) is 8.74. The normalized spacial score (nSPS) is 10.6. The van der Waals surface area contributed by atoms with Crippen molar-refractivity contribution >= 4 is 50.7 Å². The molecule has 0 aliphatic rings. The maximum Gasteiger partial charge on any atom is 0.351 e. The topological polar surface area (TPSA) is 124 Å². The summed E-state index contributed by atoms with van der Waals surface area (Å²) >= 11 is 1.13. The molecule has 0 saturated carbocycles. The van der Waals surface area contributed by atoms with Gasteiger partial charge in [-0.1, -0.05) is 6.07 Å². The number of likely N-dealkylation sites (N-methyl/N-ethyl adjacent to an activating group) is 1. The van der Waals surface area contributed by atoms with Crippen molar-refractivity contribution in [3.05, 3.63) is 46.5 Å². The molecule has 0 aliphatic heterocycles. The van der Waals surface area contributed by atoms with Crippen LogP contribution in [0.5, 0.6) is 5.75 Å². The minimum Gasteiger partial charge on any atom is -0.497 e. The number of pyridine rings is 1. The number of esters is 1. The molecule has 168 valence electrons. The monoisotopic (exact) mass is 456 g/mol. The maximum absolute atomic E-state index is 12.5. The number of fused-ring (bicyclic) bond motifs is 1. The van der Waals surface area contributed by atoms with Gasteiger partial charge in [0, 0.05) is 29.9 Å². The Morgan fingerprint density at radius 3 is 2.69 bits per heavy atom. The van der Waals surface area contributed by atoms with Crippen LogP contribution in [0.1, 0.15) is 20.9 Å². The van der Waals surface area contributed by atoms with E-state index in [-0.39, 0.29) is 11.4 Å². The zero-order valence-electron chi connectivity index (χ0n) is 18.2. The van der Waals surface area contributed by atoms with Gasteiger partial charge in [-0.25, -0.2) is 9.78 Å². The van der Waals surface area contributed by atoms with Crippen molar-refractivity contribution in [1.29, 1.82) is 0 Å². The number of nitrogens with two attached hydrogens (primary N) is 1. The fourth-order valence-corrected chi connectivity index (χ4v) is 4.24. The molecular weight excluding hydrogens is 432 g/mol. The van der Waals surface area contributed by atoms with Crippen LogP contribution in [0.3, 0.4) is 0 Å². The lowest BCUT2D eigenvalue weighted by atomic mass is 10.1. The van der Waals surface area contributed by atoms with Gasteiger partial charge in [-0.15, -0.1) is 11.3 Å². The highest BCUT2D eigenvalue weighted by Crippen LogP contribution is 2.35. The van der Waals surface area contributed by atoms with Gasteiger partial charge in [0.1, 0.15) is 15.5 Å². The van der Waals surface area contributed by atoms with E-state index >= 15 is 0 Å². The zero-order valence-corrected chi connectivity index (χ0v) is 19.0. The fourth-order valence-electron chi connectivity index (χ4n) is 3.13. The van der Waals surface area contributed by atoms with Crippen LogP contribution in [-0.2, 0) is 14.3 Å². The second-order valence-electron chi connectivity index (χ2n) is 7.21. The first-order chi connectivity index (χ1) is 15.2. The fraction of sp³-hybridized carbons (Fsp3) is 0.273. The average Bonchev–Trinajstić information content (AvgIpc) is 3.08. The van der Waals surface area contributed by atoms with E-state index in [2.05, 4.69) is 10.3 Å². The number of amides is 2. The van der Waals surface area contributed by atoms with Crippen molar-refractivity contribution in [2.45, 2.75) is 13.8 Å². The molecular formula is C22H24N4O5S. The predicted octanol–water partition coefficient (Wildman–Crippen LogP) is 2.76. The molecule has 32 heavy (non-hydrogen) atoms. The van der Waals surface area contributed by atoms with Gasteiger partial charge in [0.2, 0.25) is 5.91 Å². The number of benzene rings is 1. The summed E-state index contributed by atoms with van der Waals surface area (Å²) in [6.45, 7) is 3.03. The third-order valence-corrected chi connectivity index (χ3v) is 5.78. The van der Waals surface area contributed by atoms with E-state index in [1.54, 1.807) is 24.3 Å². The Balaban J connectivity index is 1.57. The quantitative estimate of drug-likeness (QED) is 0.524. The second-order valence-corrected chi connectivity index (χ2v) is 8.21. The number of carbonyl (C=O) groups is 3. The Morgan fingerprint density at radius 2 is 1.97 bits per heavy atom. The van der Waals surface area contributed by atoms with Gasteiger partial charge in [-0.3, -0.25) is 9.59 Å². The molecule has 10 heteroatoms. The lowest BCUT2D eigenvalue weighted by molar-refractivity contribution is -0.136. The lowest BCUT2D eigenvalue weighted by Gasteiger charge is -2.17. The number of nitrogens with one attached hydrogen (secondary N) is 1. The summed E-state index contributed by atoms with van der Waals surface area (Å²) in [5.41, 5.74) is 8.70. The van der Waals surface area contributed by atoms with E-state index in [9.17, 15) is 14.4 Å². The first-order valence-electron chi connectivity index (χ1n) is 9.70. The molecule has 1 aromatic carbocycles. The van der Waals surface area contributed by atoms with Gasteiger partial charge in [0.05, 0.1) is 19.3 Å². The zero-order chi connectivity index (χ0) is 23.4. The number of anilines is 2. The largest absolute Gasteiger partial charge is 0.497 e. The molecule has 3 rings (SSSR count). The Morgan fingerprint density at radius 1 is 1.22 bits per heavy atom. The number of hydrogen-bond donors (Lipinski definition) is 2. The summed E-state index contributed by atoms with van der Waals surface area (Å²) in [5, 5.41) is 3.40. The van der Waals surface area contributed by atoms with Gasteiger partial charge in [-0.05, 0) is 37.6 Å². The van der Waals surface area contributed by atoms with Crippen molar-refractivity contribution in [3.63, 3.8) is 0 Å². The molecule has 0 bridgehead atoms. The summed E-state index contributed by atoms with van der Waals surface area (Å²) in [4.78, 5) is 43.5. The molecule has 0 spiro atoms. The molecule has 0 unspecified atom stereocenters. The van der Waals surface area contributed by atoms with Gasteiger partial charge < -0.3 is 25.4 Å². The van der Waals surface area contributed by atoms with E-state index in [1.165, 1.54) is 19.1 Å². The third-order valence-electron chi connectivity index (χ3n) is 4.70. The number of carbonyl (C=O) groups excluding carboxylic acids is 3. The Bertz CT molecular complexity index is 1190. The van der Waals surface area contributed by atoms with Crippen LogP contribution in [-0.4, -0.2) is 55.0 Å². The molecule has 3 aromatic rings. The highest BCUT2D eigenvalue weighted by molar-refractivity contribution is 7.21. The summed E-state index contributed by atoms with van der Waals surface area (Å²) < 4.78 is 10.3. The molecule has 0 aliphatic carbocycles. The van der Waals surface area contributed by atoms with Crippen LogP contribution in [0, 0.1) is 13.8 Å². The number of rotatable bonds is 7. The second kappa shape index (κ2) is 9.65. The Kier molecular flexibility index (Phi) is 6.94. The van der Waals surface area contributed by atoms with Gasteiger partial charge in [0.15, 0.2) is 6.61 Å². The summed E-state index contributed by atoms with van der Waals surface area (Å²) in [5.74, 6) is -1.03. The van der Waals surface area contributed by atoms with Crippen LogP contribution < -0.4 is 15.8 Å². The van der Waals surface area contributed by atoms with Crippen molar-refractivity contribution < 1.29 is 23.9 Å². The molecule has 0 atom stereocenters. The van der Waals surface area contributed by atoms with E-state index in [4.69, 9.17) is 15.2 Å². The molecule has 3 N–H and O–H groups in total. The number of nitrogens with zero attached hydrogens (tertiary/aromatic N) is 2. The number of nitrogen functional groups attached to an aromatic ring is 1. The number of methoxy groups -OCH3 is 1. The Labute approximate surface area is 189 Å². The van der Waals surface area contributed by atoms with E-state index in [1.807, 2.05) is 19.9 Å². The van der Waals surface area contributed by atoms with Gasteiger partial charge >= 0.3 is 5.97 Å². The number of ether oxygens (including phenoxy) is 2. The molecule has 9 nitrogen and oxygen atoms in total. The van der Waals surface area contributed by atoms with E-state index in [0.29, 0.717) is 27.3 Å². The highest BCUT2D eigenvalue weighted by atomic mass is 32.1. The van der Waals surface area contributed by atoms with Crippen LogP contribution in [0.25, 0.3) is 10.2 Å². The first kappa shape index (κ1) is 23.0. The van der Waals surface area contributed by atoms with E-state index in [0.717, 1.165) is 22.6 Å². The van der Waals surface area contributed by atoms with Gasteiger partial charge in [0.25, 0.3) is 5.91 Å². The molecule has 0 fully saturated rings. The summed E-state index contributed by atoms with van der Waals surface area (Å²) in [7, 11) is 2.98. The van der Waals surface area contributed by atoms with Crippen molar-refractivity contribution in [2.24, 2.45) is 0 Å². The first-order valence-corrected chi connectivity index (χ1v) is 10.5. The number of aromatic nitrogens is 1. The number of aryl methyl sites for hydroxylation is 2.